The highest BCUT2D eigenvalue weighted by Gasteiger charge is 1.99. The van der Waals surface area contributed by atoms with Crippen LogP contribution in [-0.4, -0.2) is 17.1 Å². The molecule has 0 aliphatic rings. The molecular weight excluding hydrogens is 198 g/mol. The zero-order valence-electron chi connectivity index (χ0n) is 7.31. The predicted molar refractivity (Wildman–Crippen MR) is 59.2 cm³/mol. The van der Waals surface area contributed by atoms with Gasteiger partial charge in [-0.15, -0.1) is 0 Å². The molecule has 4 nitrogen and oxygen atoms in total. The number of hydrogen-bond acceptors (Lipinski definition) is 3. The van der Waals surface area contributed by atoms with Gasteiger partial charge in [-0.2, -0.15) is 5.10 Å². The number of rotatable bonds is 3. The summed E-state index contributed by atoms with van der Waals surface area (Å²) in [5, 5.41) is 3.59. The Kier molecular flexibility index (Phi) is 3.75. The molecule has 1 rings (SSSR count). The highest BCUT2D eigenvalue weighted by atomic mass is 32.1. The molecular formula is C9H9N3OS. The minimum absolute atomic E-state index is 0.0297. The van der Waals surface area contributed by atoms with Gasteiger partial charge in [0.2, 0.25) is 5.78 Å². The normalized spacial score (nSPS) is 10.0. The fraction of sp³-hybridized carbons (Fsp3) is 0. The molecule has 0 fully saturated rings. The van der Waals surface area contributed by atoms with Gasteiger partial charge in [0.1, 0.15) is 0 Å². The van der Waals surface area contributed by atoms with E-state index in [1.165, 1.54) is 0 Å². The number of carbonyl (C=O) groups is 1. The second-order valence-corrected chi connectivity index (χ2v) is 2.90. The number of hydrogen-bond donors (Lipinski definition) is 2. The Balaban J connectivity index is 2.59. The topological polar surface area (TPSA) is 67.5 Å². The summed E-state index contributed by atoms with van der Waals surface area (Å²) in [5.41, 5.74) is 7.99. The average Bonchev–Trinajstić information content (AvgIpc) is 2.18. The van der Waals surface area contributed by atoms with E-state index in [1.54, 1.807) is 24.3 Å². The van der Waals surface area contributed by atoms with Gasteiger partial charge in [0, 0.05) is 5.56 Å². The van der Waals surface area contributed by atoms with Crippen LogP contribution in [0.4, 0.5) is 0 Å². The monoisotopic (exact) mass is 207 g/mol. The third-order valence-corrected chi connectivity index (χ3v) is 1.51. The Morgan fingerprint density at radius 3 is 2.64 bits per heavy atom. The van der Waals surface area contributed by atoms with Crippen LogP contribution in [0.2, 0.25) is 0 Å². The third-order valence-electron chi connectivity index (χ3n) is 1.41. The van der Waals surface area contributed by atoms with Gasteiger partial charge in [0.25, 0.3) is 0 Å². The standard InChI is InChI=1S/C9H9N3OS/c10-9(14)12-11-6-8(13)7-4-2-1-3-5-7/h1-6H,(H3,10,12,14)/b11-6+. The highest BCUT2D eigenvalue weighted by molar-refractivity contribution is 7.80. The molecule has 0 saturated carbocycles. The van der Waals surface area contributed by atoms with Crippen LogP contribution < -0.4 is 11.2 Å². The quantitative estimate of drug-likeness (QED) is 0.331. The van der Waals surface area contributed by atoms with Crippen molar-refractivity contribution in [3.63, 3.8) is 0 Å². The fourth-order valence-electron chi connectivity index (χ4n) is 0.831. The third kappa shape index (κ3) is 3.32. The number of nitrogens with two attached hydrogens (primary N) is 1. The SMILES string of the molecule is NC(=S)N/N=C/C(=O)c1ccccc1. The Morgan fingerprint density at radius 2 is 2.07 bits per heavy atom. The largest absolute Gasteiger partial charge is 0.375 e. The van der Waals surface area contributed by atoms with Crippen LogP contribution in [0, 0.1) is 0 Å². The van der Waals surface area contributed by atoms with E-state index in [-0.39, 0.29) is 10.9 Å². The lowest BCUT2D eigenvalue weighted by Gasteiger charge is -1.94. The number of nitrogens with one attached hydrogen (secondary N) is 1. The second-order valence-electron chi connectivity index (χ2n) is 2.46. The molecule has 0 amide bonds. The summed E-state index contributed by atoms with van der Waals surface area (Å²) in [6.07, 6.45) is 1.13. The number of carbonyl (C=O) groups excluding carboxylic acids is 1. The molecule has 0 spiro atoms. The predicted octanol–water partition coefficient (Wildman–Crippen LogP) is 0.688. The molecule has 0 aliphatic heterocycles. The van der Waals surface area contributed by atoms with Gasteiger partial charge in [-0.25, -0.2) is 0 Å². The van der Waals surface area contributed by atoms with Crippen LogP contribution in [0.5, 0.6) is 0 Å². The molecule has 0 radical (unpaired) electrons. The molecule has 1 aromatic rings. The first-order valence-electron chi connectivity index (χ1n) is 3.88. The summed E-state index contributed by atoms with van der Waals surface area (Å²) in [6.45, 7) is 0. The van der Waals surface area contributed by atoms with Crippen molar-refractivity contribution < 1.29 is 4.79 Å². The van der Waals surface area contributed by atoms with E-state index >= 15 is 0 Å². The molecule has 14 heavy (non-hydrogen) atoms. The number of nitrogens with zero attached hydrogens (tertiary/aromatic N) is 1. The molecule has 5 heteroatoms. The molecule has 0 saturated heterocycles. The first kappa shape index (κ1) is 10.3. The van der Waals surface area contributed by atoms with Crippen LogP contribution in [0.25, 0.3) is 0 Å². The number of benzene rings is 1. The van der Waals surface area contributed by atoms with Crippen LogP contribution in [-0.2, 0) is 0 Å². The van der Waals surface area contributed by atoms with Crippen LogP contribution in [0.3, 0.4) is 0 Å². The smallest absolute Gasteiger partial charge is 0.205 e. The van der Waals surface area contributed by atoms with Crippen molar-refractivity contribution in [2.45, 2.75) is 0 Å². The molecule has 0 aromatic heterocycles. The van der Waals surface area contributed by atoms with E-state index in [4.69, 9.17) is 5.73 Å². The van der Waals surface area contributed by atoms with Gasteiger partial charge in [0.05, 0.1) is 6.21 Å². The lowest BCUT2D eigenvalue weighted by atomic mass is 10.1. The maximum Gasteiger partial charge on any atom is 0.205 e. The summed E-state index contributed by atoms with van der Waals surface area (Å²) in [4.78, 5) is 11.4. The van der Waals surface area contributed by atoms with E-state index in [0.717, 1.165) is 6.21 Å². The van der Waals surface area contributed by atoms with E-state index in [2.05, 4.69) is 22.7 Å². The molecule has 3 N–H and O–H groups in total. The lowest BCUT2D eigenvalue weighted by molar-refractivity contribution is 0.107. The minimum Gasteiger partial charge on any atom is -0.375 e. The van der Waals surface area contributed by atoms with Crippen molar-refractivity contribution in [3.8, 4) is 0 Å². The number of thiocarbonyl (C=S) groups is 1. The molecule has 1 aromatic carbocycles. The van der Waals surface area contributed by atoms with Crippen LogP contribution in [0.15, 0.2) is 35.4 Å². The Bertz CT molecular complexity index is 362. The van der Waals surface area contributed by atoms with Crippen molar-refractivity contribution in [1.29, 1.82) is 0 Å². The minimum atomic E-state index is -0.200. The lowest BCUT2D eigenvalue weighted by Crippen LogP contribution is -2.24. The maximum atomic E-state index is 11.4. The number of ketones is 1. The molecule has 0 bridgehead atoms. The molecule has 0 aliphatic carbocycles. The Hall–Kier alpha value is -1.75. The molecule has 0 atom stereocenters. The fourth-order valence-corrected chi connectivity index (χ4v) is 0.884. The van der Waals surface area contributed by atoms with Gasteiger partial charge >= 0.3 is 0 Å². The van der Waals surface area contributed by atoms with Crippen molar-refractivity contribution in [3.05, 3.63) is 35.9 Å². The molecule has 0 unspecified atom stereocenters. The van der Waals surface area contributed by atoms with Gasteiger partial charge in [-0.3, -0.25) is 10.2 Å². The Morgan fingerprint density at radius 1 is 1.43 bits per heavy atom. The van der Waals surface area contributed by atoms with E-state index in [1.807, 2.05) is 6.07 Å². The van der Waals surface area contributed by atoms with Crippen LogP contribution >= 0.6 is 12.2 Å². The van der Waals surface area contributed by atoms with Crippen molar-refractivity contribution in [2.24, 2.45) is 10.8 Å². The van der Waals surface area contributed by atoms with E-state index in [9.17, 15) is 4.79 Å². The van der Waals surface area contributed by atoms with Crippen LogP contribution in [0.1, 0.15) is 10.4 Å². The first-order valence-corrected chi connectivity index (χ1v) is 4.29. The van der Waals surface area contributed by atoms with Crippen molar-refractivity contribution in [2.75, 3.05) is 0 Å². The average molecular weight is 207 g/mol. The summed E-state index contributed by atoms with van der Waals surface area (Å²) < 4.78 is 0. The van der Waals surface area contributed by atoms with Gasteiger partial charge in [-0.05, 0) is 12.2 Å². The first-order chi connectivity index (χ1) is 6.70. The van der Waals surface area contributed by atoms with Crippen molar-refractivity contribution >= 4 is 29.3 Å². The summed E-state index contributed by atoms with van der Waals surface area (Å²) in [7, 11) is 0. The summed E-state index contributed by atoms with van der Waals surface area (Å²) in [6, 6.07) is 8.80. The van der Waals surface area contributed by atoms with E-state index in [0.29, 0.717) is 5.56 Å². The Labute approximate surface area is 86.8 Å². The highest BCUT2D eigenvalue weighted by Crippen LogP contribution is 1.97. The maximum absolute atomic E-state index is 11.4. The van der Waals surface area contributed by atoms with Crippen molar-refractivity contribution in [1.82, 2.24) is 5.43 Å². The zero-order chi connectivity index (χ0) is 10.4. The summed E-state index contributed by atoms with van der Waals surface area (Å²) >= 11 is 4.51. The second kappa shape index (κ2) is 5.08. The number of Topliss-reactive ketones (excluding diaryl/α,β-unsaturated/α-hetero) is 1. The summed E-state index contributed by atoms with van der Waals surface area (Å²) in [5.74, 6) is -0.200. The van der Waals surface area contributed by atoms with Gasteiger partial charge in [0.15, 0.2) is 5.11 Å². The molecule has 72 valence electrons. The molecule has 0 heterocycles. The number of hydrazone groups is 1. The van der Waals surface area contributed by atoms with Gasteiger partial charge < -0.3 is 5.73 Å². The zero-order valence-corrected chi connectivity index (χ0v) is 8.12. The van der Waals surface area contributed by atoms with Gasteiger partial charge in [-0.1, -0.05) is 30.3 Å². The van der Waals surface area contributed by atoms with E-state index < -0.39 is 0 Å².